The molecule has 6 heteroatoms. The molecule has 0 bridgehead atoms. The van der Waals surface area contributed by atoms with Crippen LogP contribution in [0.4, 0.5) is 17.3 Å². The van der Waals surface area contributed by atoms with Crippen LogP contribution in [0.15, 0.2) is 12.1 Å². The van der Waals surface area contributed by atoms with E-state index in [2.05, 4.69) is 15.6 Å². The van der Waals surface area contributed by atoms with Gasteiger partial charge in [0.15, 0.2) is 0 Å². The number of rotatable bonds is 5. The van der Waals surface area contributed by atoms with E-state index in [1.165, 1.54) is 12.1 Å². The van der Waals surface area contributed by atoms with E-state index in [1.54, 1.807) is 7.05 Å². The Kier molecular flexibility index (Phi) is 4.04. The van der Waals surface area contributed by atoms with Gasteiger partial charge in [0, 0.05) is 13.1 Å². The number of nitrogens with one attached hydrogen (secondary N) is 2. The van der Waals surface area contributed by atoms with Crippen LogP contribution in [0.5, 0.6) is 0 Å². The maximum atomic E-state index is 10.7. The summed E-state index contributed by atoms with van der Waals surface area (Å²) in [6.07, 6.45) is 0.930. The van der Waals surface area contributed by atoms with Gasteiger partial charge in [-0.05, 0) is 13.3 Å². The third-order valence-electron chi connectivity index (χ3n) is 2.28. The van der Waals surface area contributed by atoms with Crippen LogP contribution >= 0.6 is 0 Å². The van der Waals surface area contributed by atoms with Crippen molar-refractivity contribution in [3.8, 4) is 0 Å². The summed E-state index contributed by atoms with van der Waals surface area (Å²) < 4.78 is 0. The van der Waals surface area contributed by atoms with Gasteiger partial charge in [-0.1, -0.05) is 6.92 Å². The largest absolute Gasteiger partial charge is 0.373 e. The average Bonchev–Trinajstić information content (AvgIpc) is 2.28. The van der Waals surface area contributed by atoms with E-state index < -0.39 is 4.92 Å². The topological polar surface area (TPSA) is 80.1 Å². The van der Waals surface area contributed by atoms with Crippen molar-refractivity contribution in [2.45, 2.75) is 26.3 Å². The minimum Gasteiger partial charge on any atom is -0.373 e. The van der Waals surface area contributed by atoms with Crippen LogP contribution in [-0.2, 0) is 0 Å². The Hall–Kier alpha value is -1.85. The van der Waals surface area contributed by atoms with Crippen LogP contribution in [0, 0.1) is 10.1 Å². The summed E-state index contributed by atoms with van der Waals surface area (Å²) in [4.78, 5) is 14.5. The molecule has 0 aromatic carbocycles. The molecule has 0 amide bonds. The molecule has 1 unspecified atom stereocenters. The van der Waals surface area contributed by atoms with Gasteiger partial charge in [0.1, 0.15) is 11.6 Å². The minimum atomic E-state index is -0.426. The van der Waals surface area contributed by atoms with Gasteiger partial charge in [-0.3, -0.25) is 10.1 Å². The zero-order valence-corrected chi connectivity index (χ0v) is 9.65. The maximum Gasteiger partial charge on any atom is 0.276 e. The highest BCUT2D eigenvalue weighted by molar-refractivity contribution is 5.54. The lowest BCUT2D eigenvalue weighted by Gasteiger charge is -2.12. The summed E-state index contributed by atoms with van der Waals surface area (Å²) in [5.41, 5.74) is 0.0325. The van der Waals surface area contributed by atoms with Crippen LogP contribution in [0.1, 0.15) is 20.3 Å². The molecule has 0 aliphatic heterocycles. The van der Waals surface area contributed by atoms with Crippen molar-refractivity contribution in [1.82, 2.24) is 4.98 Å². The number of anilines is 2. The van der Waals surface area contributed by atoms with E-state index in [1.807, 2.05) is 13.8 Å². The Morgan fingerprint density at radius 2 is 2.12 bits per heavy atom. The van der Waals surface area contributed by atoms with E-state index in [0.717, 1.165) is 6.42 Å². The standard InChI is InChI=1S/C10H16N4O2/c1-4-7(2)12-10-6-8(14(15)16)5-9(11-3)13-10/h5-7H,4H2,1-3H3,(H2,11,12,13). The predicted molar refractivity (Wildman–Crippen MR) is 63.8 cm³/mol. The highest BCUT2D eigenvalue weighted by Gasteiger charge is 2.11. The molecule has 0 spiro atoms. The maximum absolute atomic E-state index is 10.7. The fourth-order valence-electron chi connectivity index (χ4n) is 1.18. The van der Waals surface area contributed by atoms with E-state index in [4.69, 9.17) is 0 Å². The Balaban J connectivity index is 2.99. The van der Waals surface area contributed by atoms with Crippen molar-refractivity contribution < 1.29 is 4.92 Å². The Bertz CT molecular complexity index is 381. The smallest absolute Gasteiger partial charge is 0.276 e. The molecule has 0 aliphatic carbocycles. The first-order valence-electron chi connectivity index (χ1n) is 5.17. The first-order valence-corrected chi connectivity index (χ1v) is 5.17. The summed E-state index contributed by atoms with van der Waals surface area (Å²) in [6.45, 7) is 4.04. The van der Waals surface area contributed by atoms with Crippen LogP contribution in [0.3, 0.4) is 0 Å². The lowest BCUT2D eigenvalue weighted by Crippen LogP contribution is -2.15. The van der Waals surface area contributed by atoms with Crippen molar-refractivity contribution in [1.29, 1.82) is 0 Å². The lowest BCUT2D eigenvalue weighted by atomic mass is 10.2. The highest BCUT2D eigenvalue weighted by atomic mass is 16.6. The molecule has 0 aliphatic rings. The Labute approximate surface area is 94.2 Å². The fourth-order valence-corrected chi connectivity index (χ4v) is 1.18. The third-order valence-corrected chi connectivity index (χ3v) is 2.28. The number of hydrogen-bond donors (Lipinski definition) is 2. The van der Waals surface area contributed by atoms with E-state index in [0.29, 0.717) is 11.6 Å². The number of pyridine rings is 1. The molecule has 1 atom stereocenters. The molecule has 1 aromatic rings. The van der Waals surface area contributed by atoms with Crippen LogP contribution in [0.25, 0.3) is 0 Å². The van der Waals surface area contributed by atoms with Gasteiger partial charge in [-0.15, -0.1) is 0 Å². The molecule has 0 saturated heterocycles. The molecule has 0 radical (unpaired) electrons. The summed E-state index contributed by atoms with van der Waals surface area (Å²) >= 11 is 0. The second kappa shape index (κ2) is 5.29. The minimum absolute atomic E-state index is 0.0325. The quantitative estimate of drug-likeness (QED) is 0.592. The molecule has 16 heavy (non-hydrogen) atoms. The number of nitrogens with zero attached hydrogens (tertiary/aromatic N) is 2. The van der Waals surface area contributed by atoms with Crippen LogP contribution < -0.4 is 10.6 Å². The van der Waals surface area contributed by atoms with Gasteiger partial charge in [0.25, 0.3) is 5.69 Å². The van der Waals surface area contributed by atoms with Gasteiger partial charge in [-0.2, -0.15) is 0 Å². The number of nitro groups is 1. The molecule has 6 nitrogen and oxygen atoms in total. The molecular formula is C10H16N4O2. The van der Waals surface area contributed by atoms with E-state index in [-0.39, 0.29) is 11.7 Å². The summed E-state index contributed by atoms with van der Waals surface area (Å²) in [5.74, 6) is 1.01. The Morgan fingerprint density at radius 3 is 2.62 bits per heavy atom. The zero-order valence-electron chi connectivity index (χ0n) is 9.65. The molecule has 0 saturated carbocycles. The molecular weight excluding hydrogens is 208 g/mol. The summed E-state index contributed by atoms with van der Waals surface area (Å²) in [6, 6.07) is 3.08. The second-order valence-corrected chi connectivity index (χ2v) is 3.56. The monoisotopic (exact) mass is 224 g/mol. The van der Waals surface area contributed by atoms with Crippen molar-refractivity contribution in [3.63, 3.8) is 0 Å². The average molecular weight is 224 g/mol. The predicted octanol–water partition coefficient (Wildman–Crippen LogP) is 2.24. The first kappa shape index (κ1) is 12.2. The third kappa shape index (κ3) is 3.08. The van der Waals surface area contributed by atoms with E-state index in [9.17, 15) is 10.1 Å². The normalized spacial score (nSPS) is 11.9. The summed E-state index contributed by atoms with van der Waals surface area (Å²) in [7, 11) is 1.68. The van der Waals surface area contributed by atoms with Crippen molar-refractivity contribution >= 4 is 17.3 Å². The first-order chi connectivity index (χ1) is 7.56. The second-order valence-electron chi connectivity index (χ2n) is 3.56. The molecule has 88 valence electrons. The van der Waals surface area contributed by atoms with Gasteiger partial charge < -0.3 is 10.6 Å². The molecule has 1 heterocycles. The molecule has 1 rings (SSSR count). The number of aromatic nitrogens is 1. The molecule has 1 aromatic heterocycles. The van der Waals surface area contributed by atoms with Gasteiger partial charge in [0.2, 0.25) is 0 Å². The SMILES string of the molecule is CCC(C)Nc1cc([N+](=O)[O-])cc(NC)n1. The zero-order chi connectivity index (χ0) is 12.1. The summed E-state index contributed by atoms with van der Waals surface area (Å²) in [5, 5.41) is 16.6. The van der Waals surface area contributed by atoms with E-state index >= 15 is 0 Å². The van der Waals surface area contributed by atoms with Crippen molar-refractivity contribution in [2.24, 2.45) is 0 Å². The Morgan fingerprint density at radius 1 is 1.50 bits per heavy atom. The number of hydrogen-bond acceptors (Lipinski definition) is 5. The van der Waals surface area contributed by atoms with Gasteiger partial charge >= 0.3 is 0 Å². The molecule has 2 N–H and O–H groups in total. The van der Waals surface area contributed by atoms with Crippen molar-refractivity contribution in [3.05, 3.63) is 22.2 Å². The fraction of sp³-hybridized carbons (Fsp3) is 0.500. The highest BCUT2D eigenvalue weighted by Crippen LogP contribution is 2.20. The van der Waals surface area contributed by atoms with Gasteiger partial charge in [-0.25, -0.2) is 4.98 Å². The van der Waals surface area contributed by atoms with Crippen LogP contribution in [0.2, 0.25) is 0 Å². The van der Waals surface area contributed by atoms with Crippen LogP contribution in [-0.4, -0.2) is 23.0 Å². The lowest BCUT2D eigenvalue weighted by molar-refractivity contribution is -0.384. The molecule has 0 fully saturated rings. The van der Waals surface area contributed by atoms with Gasteiger partial charge in [0.05, 0.1) is 17.1 Å². The van der Waals surface area contributed by atoms with Crippen molar-refractivity contribution in [2.75, 3.05) is 17.7 Å².